The molecule has 2 nitrogen and oxygen atoms in total. The molecule has 0 radical (unpaired) electrons. The van der Waals surface area contributed by atoms with Crippen LogP contribution in [0.15, 0.2) is 17.0 Å². The number of fused-ring (bicyclic) bond motifs is 1. The molecule has 0 unspecified atom stereocenters. The summed E-state index contributed by atoms with van der Waals surface area (Å²) in [6.45, 7) is 0. The van der Waals surface area contributed by atoms with Crippen molar-refractivity contribution in [2.45, 2.75) is 19.3 Å². The molecule has 3 heteroatoms. The molecule has 0 saturated heterocycles. The van der Waals surface area contributed by atoms with E-state index in [1.54, 1.807) is 17.4 Å². The molecule has 0 aliphatic heterocycles. The van der Waals surface area contributed by atoms with E-state index >= 15 is 0 Å². The van der Waals surface area contributed by atoms with Gasteiger partial charge >= 0.3 is 5.97 Å². The van der Waals surface area contributed by atoms with Gasteiger partial charge in [0, 0.05) is 10.5 Å². The van der Waals surface area contributed by atoms with Crippen molar-refractivity contribution in [1.29, 1.82) is 0 Å². The van der Waals surface area contributed by atoms with Gasteiger partial charge in [-0.2, -0.15) is 0 Å². The lowest BCUT2D eigenvalue weighted by Gasteiger charge is -1.95. The first-order valence-electron chi connectivity index (χ1n) is 4.27. The lowest BCUT2D eigenvalue weighted by molar-refractivity contribution is -0.132. The molecule has 1 aliphatic rings. The molecule has 0 saturated carbocycles. The molecular weight excluding hydrogens is 184 g/mol. The minimum absolute atomic E-state index is 0.539. The van der Waals surface area contributed by atoms with E-state index in [-0.39, 0.29) is 0 Å². The van der Waals surface area contributed by atoms with Crippen molar-refractivity contribution in [2.24, 2.45) is 0 Å². The number of aryl methyl sites for hydroxylation is 1. The third kappa shape index (κ3) is 1.65. The maximum atomic E-state index is 10.8. The molecule has 0 bridgehead atoms. The Morgan fingerprint density at radius 3 is 3.08 bits per heavy atom. The lowest BCUT2D eigenvalue weighted by Crippen LogP contribution is -1.99. The number of hydrogen-bond donors (Lipinski definition) is 1. The predicted molar refractivity (Wildman–Crippen MR) is 52.9 cm³/mol. The minimum Gasteiger partial charge on any atom is -0.478 e. The number of hydrogen-bond acceptors (Lipinski definition) is 2. The quantitative estimate of drug-likeness (QED) is 0.746. The zero-order chi connectivity index (χ0) is 9.26. The van der Waals surface area contributed by atoms with Crippen LogP contribution in [0.4, 0.5) is 0 Å². The van der Waals surface area contributed by atoms with Gasteiger partial charge in [-0.1, -0.05) is 0 Å². The predicted octanol–water partition coefficient (Wildman–Crippen LogP) is 2.55. The van der Waals surface area contributed by atoms with Gasteiger partial charge in [0.25, 0.3) is 0 Å². The van der Waals surface area contributed by atoms with Crippen LogP contribution in [-0.2, 0) is 11.2 Å². The van der Waals surface area contributed by atoms with E-state index in [1.165, 1.54) is 4.88 Å². The molecule has 1 N–H and O–H groups in total. The zero-order valence-electron chi connectivity index (χ0n) is 7.12. The van der Waals surface area contributed by atoms with E-state index in [2.05, 4.69) is 0 Å². The highest BCUT2D eigenvalue weighted by molar-refractivity contribution is 7.10. The molecule has 1 aromatic rings. The molecular formula is C10H10O2S. The normalized spacial score (nSPS) is 15.8. The van der Waals surface area contributed by atoms with Crippen LogP contribution in [-0.4, -0.2) is 11.1 Å². The van der Waals surface area contributed by atoms with E-state index in [0.717, 1.165) is 18.4 Å². The van der Waals surface area contributed by atoms with Crippen LogP contribution in [0, 0.1) is 0 Å². The molecule has 1 heterocycles. The van der Waals surface area contributed by atoms with Crippen LogP contribution in [0.5, 0.6) is 0 Å². The highest BCUT2D eigenvalue weighted by atomic mass is 32.1. The summed E-state index contributed by atoms with van der Waals surface area (Å²) < 4.78 is 0. The summed E-state index contributed by atoms with van der Waals surface area (Å²) in [7, 11) is 0. The van der Waals surface area contributed by atoms with Crippen molar-refractivity contribution >= 4 is 23.4 Å². The first kappa shape index (κ1) is 8.51. The van der Waals surface area contributed by atoms with Crippen LogP contribution in [0.1, 0.15) is 23.3 Å². The maximum Gasteiger partial charge on any atom is 0.331 e. The highest BCUT2D eigenvalue weighted by Gasteiger charge is 2.13. The molecule has 13 heavy (non-hydrogen) atoms. The summed E-state index contributed by atoms with van der Waals surface area (Å²) in [6.07, 6.45) is 4.46. The summed E-state index contributed by atoms with van der Waals surface area (Å²) in [4.78, 5) is 12.1. The number of aliphatic carboxylic acids is 1. The van der Waals surface area contributed by atoms with E-state index < -0.39 is 5.97 Å². The smallest absolute Gasteiger partial charge is 0.331 e. The zero-order valence-corrected chi connectivity index (χ0v) is 7.93. The van der Waals surface area contributed by atoms with Gasteiger partial charge in [0.15, 0.2) is 0 Å². The van der Waals surface area contributed by atoms with Crippen molar-refractivity contribution in [1.82, 2.24) is 0 Å². The second-order valence-electron chi connectivity index (χ2n) is 3.13. The van der Waals surface area contributed by atoms with Gasteiger partial charge in [0.2, 0.25) is 0 Å². The average molecular weight is 194 g/mol. The molecule has 68 valence electrons. The summed E-state index contributed by atoms with van der Waals surface area (Å²) in [5, 5.41) is 10.9. The molecule has 0 fully saturated rings. The van der Waals surface area contributed by atoms with Crippen molar-refractivity contribution in [3.8, 4) is 0 Å². The molecule has 2 rings (SSSR count). The van der Waals surface area contributed by atoms with E-state index in [9.17, 15) is 4.79 Å². The first-order valence-corrected chi connectivity index (χ1v) is 5.15. The third-order valence-corrected chi connectivity index (χ3v) is 3.23. The number of carboxylic acid groups (broad SMARTS) is 1. The van der Waals surface area contributed by atoms with Gasteiger partial charge < -0.3 is 5.11 Å². The topological polar surface area (TPSA) is 37.3 Å². The third-order valence-electron chi connectivity index (χ3n) is 2.23. The minimum atomic E-state index is -0.779. The van der Waals surface area contributed by atoms with Gasteiger partial charge in [-0.3, -0.25) is 0 Å². The van der Waals surface area contributed by atoms with Crippen LogP contribution in [0.25, 0.3) is 6.08 Å². The molecule has 1 aromatic heterocycles. The first-order chi connectivity index (χ1) is 6.27. The van der Waals surface area contributed by atoms with Crippen molar-refractivity contribution in [3.63, 3.8) is 0 Å². The van der Waals surface area contributed by atoms with E-state index in [0.29, 0.717) is 12.0 Å². The summed E-state index contributed by atoms with van der Waals surface area (Å²) in [5.41, 5.74) is 1.64. The van der Waals surface area contributed by atoms with E-state index in [4.69, 9.17) is 5.11 Å². The fourth-order valence-electron chi connectivity index (χ4n) is 1.55. The maximum absolute atomic E-state index is 10.8. The van der Waals surface area contributed by atoms with Gasteiger partial charge in [-0.05, 0) is 42.3 Å². The second kappa shape index (κ2) is 3.34. The number of rotatable bonds is 1. The molecule has 0 spiro atoms. The van der Waals surface area contributed by atoms with Crippen LogP contribution >= 0.6 is 11.3 Å². The number of carboxylic acids is 1. The van der Waals surface area contributed by atoms with E-state index in [1.807, 2.05) is 11.4 Å². The number of carbonyl (C=O) groups is 1. The van der Waals surface area contributed by atoms with Gasteiger partial charge in [-0.15, -0.1) is 11.3 Å². The average Bonchev–Trinajstić information content (AvgIpc) is 2.42. The van der Waals surface area contributed by atoms with Crippen LogP contribution < -0.4 is 0 Å². The van der Waals surface area contributed by atoms with Crippen LogP contribution in [0.3, 0.4) is 0 Å². The Morgan fingerprint density at radius 2 is 2.31 bits per heavy atom. The van der Waals surface area contributed by atoms with Crippen LogP contribution in [0.2, 0.25) is 0 Å². The fraction of sp³-hybridized carbons (Fsp3) is 0.300. The summed E-state index contributed by atoms with van der Waals surface area (Å²) >= 11 is 1.71. The van der Waals surface area contributed by atoms with Crippen molar-refractivity contribution < 1.29 is 9.90 Å². The van der Waals surface area contributed by atoms with Gasteiger partial charge in [-0.25, -0.2) is 4.79 Å². The summed E-state index contributed by atoms with van der Waals surface area (Å²) in [6, 6.07) is 1.99. The Morgan fingerprint density at radius 1 is 1.46 bits per heavy atom. The fourth-order valence-corrected chi connectivity index (χ4v) is 2.45. The molecule has 0 aromatic carbocycles. The Kier molecular flexibility index (Phi) is 2.19. The Labute approximate surface area is 80.5 Å². The Balaban J connectivity index is 2.40. The monoisotopic (exact) mass is 194 g/mol. The standard InChI is InChI=1S/C10H10O2S/c11-10(12)8-2-1-3-9-7(6-8)4-5-13-9/h4-6H,1-3H2,(H,11,12). The Bertz CT molecular complexity index is 363. The Hall–Kier alpha value is -1.09. The SMILES string of the molecule is O=C(O)C1=Cc2ccsc2CCC1. The highest BCUT2D eigenvalue weighted by Crippen LogP contribution is 2.26. The second-order valence-corrected chi connectivity index (χ2v) is 4.13. The number of thiophene rings is 1. The van der Waals surface area contributed by atoms with Gasteiger partial charge in [0.1, 0.15) is 0 Å². The molecule has 1 aliphatic carbocycles. The van der Waals surface area contributed by atoms with Crippen molar-refractivity contribution in [2.75, 3.05) is 0 Å². The molecule has 0 atom stereocenters. The van der Waals surface area contributed by atoms with Gasteiger partial charge in [0.05, 0.1) is 0 Å². The largest absolute Gasteiger partial charge is 0.478 e. The van der Waals surface area contributed by atoms with Crippen molar-refractivity contribution in [3.05, 3.63) is 27.5 Å². The molecule has 0 amide bonds. The summed E-state index contributed by atoms with van der Waals surface area (Å²) in [5.74, 6) is -0.779. The lowest BCUT2D eigenvalue weighted by atomic mass is 10.1.